The maximum Gasteiger partial charge on any atom is 0.322 e. The summed E-state index contributed by atoms with van der Waals surface area (Å²) in [4.78, 5) is 12.1. The molecule has 0 radical (unpaired) electrons. The monoisotopic (exact) mass is 375 g/mol. The summed E-state index contributed by atoms with van der Waals surface area (Å²) in [7, 11) is 0. The Kier molecular flexibility index (Phi) is 4.24. The van der Waals surface area contributed by atoms with Crippen LogP contribution < -0.4 is 5.32 Å². The smallest absolute Gasteiger partial charge is 0.322 e. The van der Waals surface area contributed by atoms with Gasteiger partial charge in [-0.2, -0.15) is 5.10 Å². The number of carbonyl (C=O) groups is 1. The largest absolute Gasteiger partial charge is 0.401 e. The summed E-state index contributed by atoms with van der Waals surface area (Å²) in [6.07, 6.45) is 1.67. The predicted octanol–water partition coefficient (Wildman–Crippen LogP) is 3.53. The van der Waals surface area contributed by atoms with Gasteiger partial charge in [0.2, 0.25) is 0 Å². The second kappa shape index (κ2) is 6.33. The number of hydrogen-bond donors (Lipinski definition) is 1. The van der Waals surface area contributed by atoms with Gasteiger partial charge in [-0.05, 0) is 44.2 Å². The van der Waals surface area contributed by atoms with Gasteiger partial charge in [0.25, 0.3) is 11.8 Å². The molecule has 0 unspecified atom stereocenters. The Morgan fingerprint density at radius 3 is 2.65 bits per heavy atom. The highest BCUT2D eigenvalue weighted by Crippen LogP contribution is 2.22. The van der Waals surface area contributed by atoms with Crippen molar-refractivity contribution in [3.8, 4) is 11.6 Å². The van der Waals surface area contributed by atoms with Crippen LogP contribution in [0.5, 0.6) is 0 Å². The lowest BCUT2D eigenvalue weighted by atomic mass is 10.2. The number of rotatable bonds is 4. The molecule has 0 aliphatic rings. The summed E-state index contributed by atoms with van der Waals surface area (Å²) in [6, 6.07) is 8.96. The Labute approximate surface area is 140 Å². The van der Waals surface area contributed by atoms with Crippen molar-refractivity contribution in [2.45, 2.75) is 19.9 Å². The summed E-state index contributed by atoms with van der Waals surface area (Å²) in [5.74, 6) is -0.00706. The molecule has 118 valence electrons. The minimum atomic E-state index is -0.315. The van der Waals surface area contributed by atoms with E-state index in [1.807, 2.05) is 13.8 Å². The molecule has 8 heteroatoms. The van der Waals surface area contributed by atoms with Crippen molar-refractivity contribution in [1.29, 1.82) is 0 Å². The number of nitrogens with zero attached hydrogens (tertiary/aromatic N) is 4. The molecule has 0 aliphatic heterocycles. The number of aromatic nitrogens is 4. The molecule has 0 bridgehead atoms. The Balaban J connectivity index is 1.78. The van der Waals surface area contributed by atoms with Crippen LogP contribution in [0.2, 0.25) is 0 Å². The van der Waals surface area contributed by atoms with Crippen molar-refractivity contribution in [2.75, 3.05) is 5.32 Å². The Morgan fingerprint density at radius 2 is 1.96 bits per heavy atom. The van der Waals surface area contributed by atoms with Crippen LogP contribution in [0.15, 0.2) is 45.4 Å². The first-order chi connectivity index (χ1) is 11.0. The maximum atomic E-state index is 12.1. The number of hydrogen-bond acceptors (Lipinski definition) is 5. The summed E-state index contributed by atoms with van der Waals surface area (Å²) >= 11 is 3.32. The standard InChI is InChI=1S/C15H14BrN5O2/c1-9(2)21-12(7-8-17-21)14-19-20-15(23-14)18-13(22)10-3-5-11(16)6-4-10/h3-9H,1-2H3,(H,18,20,22). The Morgan fingerprint density at radius 1 is 1.22 bits per heavy atom. The van der Waals surface area contributed by atoms with Crippen LogP contribution in [-0.4, -0.2) is 25.9 Å². The lowest BCUT2D eigenvalue weighted by Crippen LogP contribution is -2.11. The van der Waals surface area contributed by atoms with Crippen molar-refractivity contribution in [1.82, 2.24) is 20.0 Å². The highest BCUT2D eigenvalue weighted by atomic mass is 79.9. The third-order valence-corrected chi connectivity index (χ3v) is 3.66. The molecular formula is C15H14BrN5O2. The van der Waals surface area contributed by atoms with Gasteiger partial charge >= 0.3 is 6.01 Å². The molecule has 0 atom stereocenters. The number of benzene rings is 1. The first-order valence-corrected chi connectivity index (χ1v) is 7.78. The molecule has 3 aromatic rings. The lowest BCUT2D eigenvalue weighted by Gasteiger charge is -2.07. The van der Waals surface area contributed by atoms with E-state index in [0.717, 1.165) is 4.47 Å². The van der Waals surface area contributed by atoms with Gasteiger partial charge in [-0.3, -0.25) is 14.8 Å². The van der Waals surface area contributed by atoms with Gasteiger partial charge in [-0.1, -0.05) is 21.0 Å². The molecule has 0 fully saturated rings. The maximum absolute atomic E-state index is 12.1. The fraction of sp³-hybridized carbons (Fsp3) is 0.200. The van der Waals surface area contributed by atoms with Gasteiger partial charge in [-0.25, -0.2) is 0 Å². The topological polar surface area (TPSA) is 85.8 Å². The third kappa shape index (κ3) is 3.31. The van der Waals surface area contributed by atoms with E-state index in [0.29, 0.717) is 17.1 Å². The first-order valence-electron chi connectivity index (χ1n) is 6.99. The average Bonchev–Trinajstić information content (AvgIpc) is 3.16. The van der Waals surface area contributed by atoms with Crippen LogP contribution in [0.1, 0.15) is 30.2 Å². The summed E-state index contributed by atoms with van der Waals surface area (Å²) < 4.78 is 8.18. The highest BCUT2D eigenvalue weighted by Gasteiger charge is 2.16. The van der Waals surface area contributed by atoms with Gasteiger partial charge in [0, 0.05) is 22.3 Å². The number of anilines is 1. The van der Waals surface area contributed by atoms with Crippen LogP contribution in [0, 0.1) is 0 Å². The molecule has 7 nitrogen and oxygen atoms in total. The minimum absolute atomic E-state index is 0.0458. The zero-order valence-electron chi connectivity index (χ0n) is 12.5. The van der Waals surface area contributed by atoms with Crippen LogP contribution in [0.25, 0.3) is 11.6 Å². The molecule has 2 aromatic heterocycles. The predicted molar refractivity (Wildman–Crippen MR) is 88.0 cm³/mol. The van der Waals surface area contributed by atoms with E-state index in [9.17, 15) is 4.79 Å². The molecule has 1 aromatic carbocycles. The van der Waals surface area contributed by atoms with Gasteiger partial charge in [0.05, 0.1) is 0 Å². The lowest BCUT2D eigenvalue weighted by molar-refractivity contribution is 0.102. The van der Waals surface area contributed by atoms with E-state index >= 15 is 0 Å². The highest BCUT2D eigenvalue weighted by molar-refractivity contribution is 9.10. The number of halogens is 1. The molecule has 0 saturated heterocycles. The van der Waals surface area contributed by atoms with Crippen LogP contribution in [0.3, 0.4) is 0 Å². The molecular weight excluding hydrogens is 362 g/mol. The first kappa shape index (κ1) is 15.4. The van der Waals surface area contributed by atoms with Gasteiger partial charge in [-0.15, -0.1) is 5.10 Å². The Hall–Kier alpha value is -2.48. The number of amides is 1. The normalized spacial score (nSPS) is 11.0. The van der Waals surface area contributed by atoms with Crippen molar-refractivity contribution in [3.63, 3.8) is 0 Å². The van der Waals surface area contributed by atoms with E-state index in [-0.39, 0.29) is 18.0 Å². The van der Waals surface area contributed by atoms with Gasteiger partial charge in [0.1, 0.15) is 5.69 Å². The number of nitrogens with one attached hydrogen (secondary N) is 1. The number of carbonyl (C=O) groups excluding carboxylic acids is 1. The van der Waals surface area contributed by atoms with Crippen molar-refractivity contribution in [3.05, 3.63) is 46.6 Å². The van der Waals surface area contributed by atoms with Gasteiger partial charge in [0.15, 0.2) is 0 Å². The SMILES string of the molecule is CC(C)n1nccc1-c1nnc(NC(=O)c2ccc(Br)cc2)o1. The van der Waals surface area contributed by atoms with Crippen molar-refractivity contribution >= 4 is 27.9 Å². The summed E-state index contributed by atoms with van der Waals surface area (Å²) in [5, 5.41) is 14.6. The fourth-order valence-electron chi connectivity index (χ4n) is 2.04. The van der Waals surface area contributed by atoms with Crippen LogP contribution in [-0.2, 0) is 0 Å². The molecule has 0 saturated carbocycles. The van der Waals surface area contributed by atoms with Crippen LogP contribution >= 0.6 is 15.9 Å². The molecule has 0 aliphatic carbocycles. The van der Waals surface area contributed by atoms with Crippen LogP contribution in [0.4, 0.5) is 6.01 Å². The minimum Gasteiger partial charge on any atom is -0.401 e. The molecule has 1 amide bonds. The van der Waals surface area contributed by atoms with Crippen molar-refractivity contribution in [2.24, 2.45) is 0 Å². The van der Waals surface area contributed by atoms with E-state index < -0.39 is 0 Å². The molecule has 2 heterocycles. The molecule has 3 rings (SSSR count). The third-order valence-electron chi connectivity index (χ3n) is 3.13. The second-order valence-corrected chi connectivity index (χ2v) is 6.04. The summed E-state index contributed by atoms with van der Waals surface area (Å²) in [5.41, 5.74) is 1.21. The molecule has 0 spiro atoms. The zero-order valence-corrected chi connectivity index (χ0v) is 14.1. The van der Waals surface area contributed by atoms with Crippen molar-refractivity contribution < 1.29 is 9.21 Å². The molecule has 1 N–H and O–H groups in total. The quantitative estimate of drug-likeness (QED) is 0.753. The fourth-order valence-corrected chi connectivity index (χ4v) is 2.31. The average molecular weight is 376 g/mol. The van der Waals surface area contributed by atoms with E-state index in [1.54, 1.807) is 41.2 Å². The molecule has 23 heavy (non-hydrogen) atoms. The second-order valence-electron chi connectivity index (χ2n) is 5.13. The van der Waals surface area contributed by atoms with E-state index in [4.69, 9.17) is 4.42 Å². The van der Waals surface area contributed by atoms with E-state index in [2.05, 4.69) is 36.5 Å². The van der Waals surface area contributed by atoms with E-state index in [1.165, 1.54) is 0 Å². The summed E-state index contributed by atoms with van der Waals surface area (Å²) in [6.45, 7) is 4.01. The van der Waals surface area contributed by atoms with Gasteiger partial charge < -0.3 is 4.42 Å². The zero-order chi connectivity index (χ0) is 16.4. The Bertz CT molecular complexity index is 823.